The summed E-state index contributed by atoms with van der Waals surface area (Å²) in [6.45, 7) is 3.07. The van der Waals surface area contributed by atoms with Gasteiger partial charge in [0.2, 0.25) is 5.91 Å². The van der Waals surface area contributed by atoms with E-state index in [1.54, 1.807) is 0 Å². The normalized spacial score (nSPS) is 10.6. The van der Waals surface area contributed by atoms with Crippen molar-refractivity contribution in [2.24, 2.45) is 5.73 Å². The monoisotopic (exact) mass is 369 g/mol. The van der Waals surface area contributed by atoms with Gasteiger partial charge in [-0.15, -0.1) is 10.2 Å². The molecule has 1 heterocycles. The number of carbonyl (C=O) groups excluding carboxylic acids is 1. The van der Waals surface area contributed by atoms with E-state index in [1.165, 1.54) is 11.8 Å². The summed E-state index contributed by atoms with van der Waals surface area (Å²) >= 11 is 4.70. The van der Waals surface area contributed by atoms with Crippen molar-refractivity contribution >= 4 is 39.3 Å². The van der Waals surface area contributed by atoms with E-state index in [0.29, 0.717) is 11.7 Å². The van der Waals surface area contributed by atoms with E-state index in [2.05, 4.69) is 31.4 Å². The fourth-order valence-corrected chi connectivity index (χ4v) is 2.84. The van der Waals surface area contributed by atoms with Gasteiger partial charge in [0.15, 0.2) is 5.16 Å². The predicted octanol–water partition coefficient (Wildman–Crippen LogP) is 2.25. The van der Waals surface area contributed by atoms with Crippen LogP contribution in [0.4, 0.5) is 5.69 Å². The number of nitrogens with two attached hydrogens (primary N) is 1. The number of hydrogen-bond acceptors (Lipinski definition) is 5. The molecule has 8 heteroatoms. The number of nitrogens with zero attached hydrogens (tertiary/aromatic N) is 3. The fraction of sp³-hybridized carbons (Fsp3) is 0.308. The minimum absolute atomic E-state index is 0.0812. The third-order valence-electron chi connectivity index (χ3n) is 2.75. The van der Waals surface area contributed by atoms with Crippen LogP contribution in [0.2, 0.25) is 0 Å². The Morgan fingerprint density at radius 3 is 2.71 bits per heavy atom. The molecule has 1 amide bonds. The van der Waals surface area contributed by atoms with Gasteiger partial charge in [0.05, 0.1) is 12.3 Å². The van der Waals surface area contributed by atoms with Crippen molar-refractivity contribution in [3.63, 3.8) is 0 Å². The molecule has 1 aromatic carbocycles. The number of aromatic nitrogens is 3. The Kier molecular flexibility index (Phi) is 5.77. The van der Waals surface area contributed by atoms with Crippen LogP contribution in [0.3, 0.4) is 0 Å². The highest BCUT2D eigenvalue weighted by Crippen LogP contribution is 2.18. The summed E-state index contributed by atoms with van der Waals surface area (Å²) in [5.41, 5.74) is 6.36. The van der Waals surface area contributed by atoms with Crippen LogP contribution < -0.4 is 11.1 Å². The molecule has 1 aromatic heterocycles. The standard InChI is InChI=1S/C13H16BrN5OS/c1-2-19-11(7-15)17-18-13(19)21-8-12(20)16-10-5-3-9(14)4-6-10/h3-6H,2,7-8,15H2,1H3,(H,16,20). The number of hydrogen-bond donors (Lipinski definition) is 2. The zero-order valence-corrected chi connectivity index (χ0v) is 13.9. The van der Waals surface area contributed by atoms with Crippen LogP contribution in [0.1, 0.15) is 12.7 Å². The highest BCUT2D eigenvalue weighted by atomic mass is 79.9. The molecular formula is C13H16BrN5OS. The maximum absolute atomic E-state index is 11.9. The number of thioether (sulfide) groups is 1. The first-order valence-electron chi connectivity index (χ1n) is 6.44. The largest absolute Gasteiger partial charge is 0.325 e. The molecule has 0 saturated carbocycles. The number of anilines is 1. The third kappa shape index (κ3) is 4.29. The van der Waals surface area contributed by atoms with E-state index in [0.717, 1.165) is 22.5 Å². The summed E-state index contributed by atoms with van der Waals surface area (Å²) < 4.78 is 2.89. The minimum atomic E-state index is -0.0812. The van der Waals surface area contributed by atoms with Crippen molar-refractivity contribution in [2.45, 2.75) is 25.2 Å². The number of benzene rings is 1. The van der Waals surface area contributed by atoms with Crippen LogP contribution in [0.15, 0.2) is 33.9 Å². The lowest BCUT2D eigenvalue weighted by Gasteiger charge is -2.07. The number of rotatable bonds is 6. The Balaban J connectivity index is 1.92. The maximum atomic E-state index is 11.9. The molecule has 0 aliphatic carbocycles. The Labute approximate surface area is 135 Å². The topological polar surface area (TPSA) is 85.8 Å². The minimum Gasteiger partial charge on any atom is -0.325 e. The Bertz CT molecular complexity index is 614. The Morgan fingerprint density at radius 2 is 2.10 bits per heavy atom. The van der Waals surface area contributed by atoms with E-state index in [4.69, 9.17) is 5.73 Å². The molecule has 0 spiro atoms. The van der Waals surface area contributed by atoms with Crippen LogP contribution in [0.5, 0.6) is 0 Å². The molecular weight excluding hydrogens is 354 g/mol. The van der Waals surface area contributed by atoms with Crippen LogP contribution in [0.25, 0.3) is 0 Å². The van der Waals surface area contributed by atoms with Crippen molar-refractivity contribution in [1.29, 1.82) is 0 Å². The number of amides is 1. The Morgan fingerprint density at radius 1 is 1.38 bits per heavy atom. The summed E-state index contributed by atoms with van der Waals surface area (Å²) in [7, 11) is 0. The molecule has 2 aromatic rings. The van der Waals surface area contributed by atoms with Gasteiger partial charge in [-0.3, -0.25) is 4.79 Å². The van der Waals surface area contributed by atoms with Crippen molar-refractivity contribution in [2.75, 3.05) is 11.1 Å². The third-order valence-corrected chi connectivity index (χ3v) is 4.25. The quantitative estimate of drug-likeness (QED) is 0.762. The lowest BCUT2D eigenvalue weighted by atomic mass is 10.3. The number of halogens is 1. The van der Waals surface area contributed by atoms with Gasteiger partial charge in [0, 0.05) is 16.7 Å². The average Bonchev–Trinajstić information content (AvgIpc) is 2.89. The highest BCUT2D eigenvalue weighted by Gasteiger charge is 2.12. The van der Waals surface area contributed by atoms with Crippen LogP contribution in [-0.2, 0) is 17.9 Å². The summed E-state index contributed by atoms with van der Waals surface area (Å²) in [6, 6.07) is 7.44. The molecule has 0 atom stereocenters. The zero-order valence-electron chi connectivity index (χ0n) is 11.5. The molecule has 21 heavy (non-hydrogen) atoms. The van der Waals surface area contributed by atoms with E-state index in [-0.39, 0.29) is 11.7 Å². The SMILES string of the molecule is CCn1c(CN)nnc1SCC(=O)Nc1ccc(Br)cc1. The van der Waals surface area contributed by atoms with Gasteiger partial charge < -0.3 is 15.6 Å². The molecule has 6 nitrogen and oxygen atoms in total. The smallest absolute Gasteiger partial charge is 0.234 e. The molecule has 0 saturated heterocycles. The van der Waals surface area contributed by atoms with Gasteiger partial charge in [-0.2, -0.15) is 0 Å². The number of nitrogens with one attached hydrogen (secondary N) is 1. The molecule has 0 bridgehead atoms. The molecule has 112 valence electrons. The van der Waals surface area contributed by atoms with Gasteiger partial charge in [-0.25, -0.2) is 0 Å². The molecule has 3 N–H and O–H groups in total. The molecule has 0 aliphatic heterocycles. The lowest BCUT2D eigenvalue weighted by Crippen LogP contribution is -2.15. The van der Waals surface area contributed by atoms with Crippen LogP contribution >= 0.6 is 27.7 Å². The molecule has 0 unspecified atom stereocenters. The van der Waals surface area contributed by atoms with E-state index >= 15 is 0 Å². The van der Waals surface area contributed by atoms with Gasteiger partial charge >= 0.3 is 0 Å². The average molecular weight is 370 g/mol. The summed E-state index contributed by atoms with van der Waals surface area (Å²) in [4.78, 5) is 11.9. The maximum Gasteiger partial charge on any atom is 0.234 e. The first-order valence-corrected chi connectivity index (χ1v) is 8.22. The summed E-state index contributed by atoms with van der Waals surface area (Å²) in [6.07, 6.45) is 0. The predicted molar refractivity (Wildman–Crippen MR) is 87.1 cm³/mol. The molecule has 2 rings (SSSR count). The van der Waals surface area contributed by atoms with Gasteiger partial charge in [0.1, 0.15) is 5.82 Å². The van der Waals surface area contributed by atoms with E-state index in [9.17, 15) is 4.79 Å². The van der Waals surface area contributed by atoms with Crippen LogP contribution in [0, 0.1) is 0 Å². The van der Waals surface area contributed by atoms with E-state index in [1.807, 2.05) is 35.8 Å². The van der Waals surface area contributed by atoms with Crippen molar-refractivity contribution in [1.82, 2.24) is 14.8 Å². The molecule has 0 aliphatic rings. The second-order valence-electron chi connectivity index (χ2n) is 4.19. The van der Waals surface area contributed by atoms with Crippen molar-refractivity contribution < 1.29 is 4.79 Å². The molecule has 0 fully saturated rings. The lowest BCUT2D eigenvalue weighted by molar-refractivity contribution is -0.113. The second kappa shape index (κ2) is 7.58. The van der Waals surface area contributed by atoms with Gasteiger partial charge in [-0.05, 0) is 31.2 Å². The summed E-state index contributed by atoms with van der Waals surface area (Å²) in [5, 5.41) is 11.6. The first-order chi connectivity index (χ1) is 10.1. The number of carbonyl (C=O) groups is 1. The van der Waals surface area contributed by atoms with Gasteiger partial charge in [-0.1, -0.05) is 27.7 Å². The Hall–Kier alpha value is -1.38. The molecule has 0 radical (unpaired) electrons. The summed E-state index contributed by atoms with van der Waals surface area (Å²) in [5.74, 6) is 0.925. The van der Waals surface area contributed by atoms with Crippen molar-refractivity contribution in [3.8, 4) is 0 Å². The highest BCUT2D eigenvalue weighted by molar-refractivity contribution is 9.10. The van der Waals surface area contributed by atoms with Gasteiger partial charge in [0.25, 0.3) is 0 Å². The zero-order chi connectivity index (χ0) is 15.2. The van der Waals surface area contributed by atoms with Crippen molar-refractivity contribution in [3.05, 3.63) is 34.6 Å². The van der Waals surface area contributed by atoms with E-state index < -0.39 is 0 Å². The van der Waals surface area contributed by atoms with Crippen LogP contribution in [-0.4, -0.2) is 26.4 Å². The first kappa shape index (κ1) is 16.0. The fourth-order valence-electron chi connectivity index (χ4n) is 1.75. The second-order valence-corrected chi connectivity index (χ2v) is 6.05.